The van der Waals surface area contributed by atoms with Crippen LogP contribution in [0.15, 0.2) is 18.2 Å². The number of thiocarbonyl (C=S) groups is 1. The van der Waals surface area contributed by atoms with Gasteiger partial charge < -0.3 is 20.5 Å². The highest BCUT2D eigenvalue weighted by molar-refractivity contribution is 7.80. The van der Waals surface area contributed by atoms with Gasteiger partial charge >= 0.3 is 0 Å². The van der Waals surface area contributed by atoms with Gasteiger partial charge in [0.1, 0.15) is 6.61 Å². The molecule has 16 heavy (non-hydrogen) atoms. The van der Waals surface area contributed by atoms with E-state index in [9.17, 15) is 4.39 Å². The first-order valence-corrected chi connectivity index (χ1v) is 5.02. The molecule has 0 aliphatic heterocycles. The Bertz CT molecular complexity index is 374. The van der Waals surface area contributed by atoms with Crippen molar-refractivity contribution in [3.63, 3.8) is 0 Å². The van der Waals surface area contributed by atoms with Crippen molar-refractivity contribution in [3.8, 4) is 5.75 Å². The number of halogens is 1. The monoisotopic (exact) mass is 244 g/mol. The summed E-state index contributed by atoms with van der Waals surface area (Å²) in [7, 11) is 1.54. The molecule has 3 N–H and O–H groups in total. The SMILES string of the molecule is COCCOc1c(F)cccc1NC(N)=S. The number of nitrogens with one attached hydrogen (secondary N) is 1. The summed E-state index contributed by atoms with van der Waals surface area (Å²) in [6, 6.07) is 4.47. The molecule has 0 saturated heterocycles. The van der Waals surface area contributed by atoms with Crippen LogP contribution in [0.1, 0.15) is 0 Å². The molecular weight excluding hydrogens is 231 g/mol. The fourth-order valence-corrected chi connectivity index (χ4v) is 1.22. The van der Waals surface area contributed by atoms with E-state index in [1.54, 1.807) is 19.2 Å². The first-order chi connectivity index (χ1) is 7.65. The molecule has 4 nitrogen and oxygen atoms in total. The molecular formula is C10H13FN2O2S. The van der Waals surface area contributed by atoms with E-state index in [-0.39, 0.29) is 17.5 Å². The Kier molecular flexibility index (Phi) is 4.94. The Morgan fingerprint density at radius 2 is 2.25 bits per heavy atom. The quantitative estimate of drug-likeness (QED) is 0.607. The Labute approximate surface area is 98.5 Å². The Balaban J connectivity index is 2.81. The number of ether oxygens (including phenoxy) is 2. The van der Waals surface area contributed by atoms with Crippen molar-refractivity contribution >= 4 is 23.0 Å². The van der Waals surface area contributed by atoms with E-state index in [0.717, 1.165) is 0 Å². The molecule has 0 saturated carbocycles. The number of hydrogen-bond donors (Lipinski definition) is 2. The van der Waals surface area contributed by atoms with Gasteiger partial charge in [-0.15, -0.1) is 0 Å². The van der Waals surface area contributed by atoms with Crippen molar-refractivity contribution in [1.82, 2.24) is 0 Å². The van der Waals surface area contributed by atoms with Crippen LogP contribution >= 0.6 is 12.2 Å². The summed E-state index contributed by atoms with van der Waals surface area (Å²) in [6.07, 6.45) is 0. The van der Waals surface area contributed by atoms with Crippen LogP contribution in [-0.4, -0.2) is 25.4 Å². The molecule has 0 amide bonds. The second kappa shape index (κ2) is 6.24. The molecule has 1 rings (SSSR count). The lowest BCUT2D eigenvalue weighted by Crippen LogP contribution is -2.20. The third-order valence-corrected chi connectivity index (χ3v) is 1.86. The number of para-hydroxylation sites is 1. The van der Waals surface area contributed by atoms with E-state index in [1.807, 2.05) is 0 Å². The fraction of sp³-hybridized carbons (Fsp3) is 0.300. The maximum absolute atomic E-state index is 13.4. The minimum Gasteiger partial charge on any atom is -0.486 e. The number of benzene rings is 1. The van der Waals surface area contributed by atoms with Crippen molar-refractivity contribution < 1.29 is 13.9 Å². The first-order valence-electron chi connectivity index (χ1n) is 4.62. The number of hydrogen-bond acceptors (Lipinski definition) is 3. The Hall–Kier alpha value is -1.40. The second-order valence-electron chi connectivity index (χ2n) is 2.95. The largest absolute Gasteiger partial charge is 0.486 e. The summed E-state index contributed by atoms with van der Waals surface area (Å²) in [5, 5.41) is 2.70. The van der Waals surface area contributed by atoms with Crippen molar-refractivity contribution in [2.45, 2.75) is 0 Å². The molecule has 6 heteroatoms. The molecule has 1 aromatic carbocycles. The summed E-state index contributed by atoms with van der Waals surface area (Å²) in [5.41, 5.74) is 5.72. The van der Waals surface area contributed by atoms with Gasteiger partial charge in [-0.05, 0) is 24.4 Å². The smallest absolute Gasteiger partial charge is 0.178 e. The van der Waals surface area contributed by atoms with Crippen molar-refractivity contribution in [2.24, 2.45) is 5.73 Å². The van der Waals surface area contributed by atoms with Crippen LogP contribution in [0.5, 0.6) is 5.75 Å². The van der Waals surface area contributed by atoms with Gasteiger partial charge in [0.25, 0.3) is 0 Å². The van der Waals surface area contributed by atoms with Crippen LogP contribution in [0.3, 0.4) is 0 Å². The zero-order valence-corrected chi connectivity index (χ0v) is 9.64. The highest BCUT2D eigenvalue weighted by Gasteiger charge is 2.09. The van der Waals surface area contributed by atoms with Crippen LogP contribution in [-0.2, 0) is 4.74 Å². The van der Waals surface area contributed by atoms with Gasteiger partial charge in [-0.25, -0.2) is 4.39 Å². The topological polar surface area (TPSA) is 56.5 Å². The lowest BCUT2D eigenvalue weighted by Gasteiger charge is -2.12. The molecule has 0 fully saturated rings. The third-order valence-electron chi connectivity index (χ3n) is 1.76. The molecule has 0 atom stereocenters. The summed E-state index contributed by atoms with van der Waals surface area (Å²) >= 11 is 4.68. The standard InChI is InChI=1S/C10H13FN2O2S/c1-14-5-6-15-9-7(11)3-2-4-8(9)13-10(12)16/h2-4H,5-6H2,1H3,(H3,12,13,16). The predicted molar refractivity (Wildman–Crippen MR) is 64.2 cm³/mol. The van der Waals surface area contributed by atoms with E-state index in [1.165, 1.54) is 6.07 Å². The Morgan fingerprint density at radius 3 is 2.88 bits per heavy atom. The van der Waals surface area contributed by atoms with Crippen LogP contribution in [0.25, 0.3) is 0 Å². The predicted octanol–water partition coefficient (Wildman–Crippen LogP) is 1.51. The second-order valence-corrected chi connectivity index (χ2v) is 3.39. The zero-order valence-electron chi connectivity index (χ0n) is 8.83. The number of methoxy groups -OCH3 is 1. The highest BCUT2D eigenvalue weighted by atomic mass is 32.1. The van der Waals surface area contributed by atoms with E-state index in [4.69, 9.17) is 15.2 Å². The average Bonchev–Trinajstić information content (AvgIpc) is 2.21. The van der Waals surface area contributed by atoms with Gasteiger partial charge in [-0.2, -0.15) is 0 Å². The molecule has 0 aromatic heterocycles. The Morgan fingerprint density at radius 1 is 1.50 bits per heavy atom. The number of nitrogens with two attached hydrogens (primary N) is 1. The van der Waals surface area contributed by atoms with Crippen molar-refractivity contribution in [1.29, 1.82) is 0 Å². The molecule has 88 valence electrons. The molecule has 0 spiro atoms. The van der Waals surface area contributed by atoms with Gasteiger partial charge in [-0.1, -0.05) is 6.07 Å². The molecule has 1 aromatic rings. The molecule has 0 heterocycles. The molecule has 0 radical (unpaired) electrons. The summed E-state index contributed by atoms with van der Waals surface area (Å²) in [5.74, 6) is -0.385. The van der Waals surface area contributed by atoms with E-state index in [2.05, 4.69) is 17.5 Å². The van der Waals surface area contributed by atoms with Gasteiger partial charge in [0.15, 0.2) is 16.7 Å². The number of anilines is 1. The molecule has 0 unspecified atom stereocenters. The third kappa shape index (κ3) is 3.63. The summed E-state index contributed by atoms with van der Waals surface area (Å²) in [6.45, 7) is 0.629. The normalized spacial score (nSPS) is 9.88. The van der Waals surface area contributed by atoms with E-state index >= 15 is 0 Å². The molecule has 0 aliphatic rings. The maximum atomic E-state index is 13.4. The van der Waals surface area contributed by atoms with E-state index in [0.29, 0.717) is 12.3 Å². The lowest BCUT2D eigenvalue weighted by atomic mass is 10.3. The van der Waals surface area contributed by atoms with E-state index < -0.39 is 5.82 Å². The minimum absolute atomic E-state index is 0.0576. The van der Waals surface area contributed by atoms with Crippen molar-refractivity contribution in [2.75, 3.05) is 25.6 Å². The lowest BCUT2D eigenvalue weighted by molar-refractivity contribution is 0.144. The molecule has 0 aliphatic carbocycles. The van der Waals surface area contributed by atoms with Crippen LogP contribution in [0.2, 0.25) is 0 Å². The summed E-state index contributed by atoms with van der Waals surface area (Å²) < 4.78 is 23.5. The first kappa shape index (κ1) is 12.7. The highest BCUT2D eigenvalue weighted by Crippen LogP contribution is 2.27. The van der Waals surface area contributed by atoms with Crippen LogP contribution in [0.4, 0.5) is 10.1 Å². The zero-order chi connectivity index (χ0) is 12.0. The van der Waals surface area contributed by atoms with Gasteiger partial charge in [0.2, 0.25) is 0 Å². The fourth-order valence-electron chi connectivity index (χ4n) is 1.11. The summed E-state index contributed by atoms with van der Waals surface area (Å²) in [4.78, 5) is 0. The number of rotatable bonds is 5. The van der Waals surface area contributed by atoms with Gasteiger partial charge in [0, 0.05) is 7.11 Å². The van der Waals surface area contributed by atoms with Crippen LogP contribution in [0, 0.1) is 5.82 Å². The van der Waals surface area contributed by atoms with Gasteiger partial charge in [-0.3, -0.25) is 0 Å². The molecule has 0 bridgehead atoms. The van der Waals surface area contributed by atoms with Crippen molar-refractivity contribution in [3.05, 3.63) is 24.0 Å². The minimum atomic E-state index is -0.475. The van der Waals surface area contributed by atoms with Crippen LogP contribution < -0.4 is 15.8 Å². The average molecular weight is 244 g/mol. The maximum Gasteiger partial charge on any atom is 0.178 e. The van der Waals surface area contributed by atoms with Gasteiger partial charge in [0.05, 0.1) is 12.3 Å².